The van der Waals surface area contributed by atoms with Crippen molar-refractivity contribution in [2.75, 3.05) is 43.9 Å². The van der Waals surface area contributed by atoms with Crippen LogP contribution in [0.5, 0.6) is 5.75 Å². The Bertz CT molecular complexity index is 1370. The van der Waals surface area contributed by atoms with Crippen molar-refractivity contribution in [2.24, 2.45) is 0 Å². The highest BCUT2D eigenvalue weighted by molar-refractivity contribution is 5.93. The van der Waals surface area contributed by atoms with Gasteiger partial charge < -0.3 is 20.6 Å². The molecule has 2 aromatic carbocycles. The van der Waals surface area contributed by atoms with E-state index >= 15 is 0 Å². The van der Waals surface area contributed by atoms with Crippen LogP contribution in [-0.4, -0.2) is 53.2 Å². The number of hydrogen-bond donors (Lipinski definition) is 2. The zero-order valence-electron chi connectivity index (χ0n) is 18.4. The van der Waals surface area contributed by atoms with Crippen molar-refractivity contribution in [1.82, 2.24) is 14.9 Å². The minimum absolute atomic E-state index is 0.176. The maximum Gasteiger partial charge on any atom is 0.142 e. The number of hydrogen-bond acceptors (Lipinski definition) is 7. The van der Waals surface area contributed by atoms with Gasteiger partial charge in [-0.2, -0.15) is 5.26 Å². The summed E-state index contributed by atoms with van der Waals surface area (Å²) in [6.07, 6.45) is 0. The van der Waals surface area contributed by atoms with Gasteiger partial charge in [0, 0.05) is 48.3 Å². The summed E-state index contributed by atoms with van der Waals surface area (Å²) in [6, 6.07) is 21.0. The van der Waals surface area contributed by atoms with E-state index in [1.54, 1.807) is 24.3 Å². The molecule has 1 aliphatic heterocycles. The van der Waals surface area contributed by atoms with Gasteiger partial charge >= 0.3 is 0 Å². The van der Waals surface area contributed by atoms with Gasteiger partial charge in [0.15, 0.2) is 0 Å². The zero-order chi connectivity index (χ0) is 22.9. The summed E-state index contributed by atoms with van der Waals surface area (Å²) in [7, 11) is 2.12. The quantitative estimate of drug-likeness (QED) is 0.502. The molecule has 1 aliphatic rings. The maximum atomic E-state index is 9.96. The molecule has 4 aromatic rings. The predicted molar refractivity (Wildman–Crippen MR) is 131 cm³/mol. The van der Waals surface area contributed by atoms with Gasteiger partial charge in [-0.25, -0.2) is 9.97 Å². The minimum Gasteiger partial charge on any atom is -0.508 e. The van der Waals surface area contributed by atoms with E-state index in [9.17, 15) is 10.4 Å². The third-order valence-corrected chi connectivity index (χ3v) is 6.12. The van der Waals surface area contributed by atoms with Crippen LogP contribution in [0.15, 0.2) is 60.7 Å². The molecule has 0 unspecified atom stereocenters. The van der Waals surface area contributed by atoms with Crippen LogP contribution in [0.3, 0.4) is 0 Å². The Hall–Kier alpha value is -4.15. The number of phenols is 1. The fraction of sp³-hybridized carbons (Fsp3) is 0.192. The van der Waals surface area contributed by atoms with E-state index in [1.165, 1.54) is 0 Å². The highest BCUT2D eigenvalue weighted by atomic mass is 16.3. The molecule has 3 N–H and O–H groups in total. The van der Waals surface area contributed by atoms with E-state index in [-0.39, 0.29) is 11.6 Å². The van der Waals surface area contributed by atoms with Crippen molar-refractivity contribution in [3.8, 4) is 34.2 Å². The lowest BCUT2D eigenvalue weighted by molar-refractivity contribution is 0.312. The second-order valence-electron chi connectivity index (χ2n) is 8.32. The van der Waals surface area contributed by atoms with Crippen LogP contribution in [0, 0.1) is 11.3 Å². The number of likely N-dealkylation sites (N-methyl/N-ethyl adjacent to an activating group) is 1. The highest BCUT2D eigenvalue weighted by Gasteiger charge is 2.23. The SMILES string of the molecule is CN1CCN(c2nc3ccccc3cc2-c2cc(-c3ccc(O)cc3)nc(N)c2C#N)CC1. The number of phenolic OH excluding ortho intramolecular Hbond substituents is 1. The number of nitrogen functional groups attached to an aromatic ring is 1. The predicted octanol–water partition coefficient (Wildman–Crippen LogP) is 3.88. The van der Waals surface area contributed by atoms with E-state index in [1.807, 2.05) is 30.3 Å². The number of pyridine rings is 2. The number of para-hydroxylation sites is 1. The lowest BCUT2D eigenvalue weighted by Gasteiger charge is -2.34. The third kappa shape index (κ3) is 3.93. The summed E-state index contributed by atoms with van der Waals surface area (Å²) in [5.41, 5.74) is 10.5. The van der Waals surface area contributed by atoms with Crippen LogP contribution < -0.4 is 10.6 Å². The van der Waals surface area contributed by atoms with Crippen LogP contribution in [-0.2, 0) is 0 Å². The van der Waals surface area contributed by atoms with Crippen LogP contribution in [0.2, 0.25) is 0 Å². The highest BCUT2D eigenvalue weighted by Crippen LogP contribution is 2.38. The molecule has 7 nitrogen and oxygen atoms in total. The number of rotatable bonds is 3. The Morgan fingerprint density at radius 3 is 2.39 bits per heavy atom. The number of aromatic nitrogens is 2. The summed E-state index contributed by atoms with van der Waals surface area (Å²) in [4.78, 5) is 14.1. The molecule has 0 spiro atoms. The molecule has 2 aromatic heterocycles. The summed E-state index contributed by atoms with van der Waals surface area (Å²) >= 11 is 0. The summed E-state index contributed by atoms with van der Waals surface area (Å²) in [5, 5.41) is 20.6. The summed E-state index contributed by atoms with van der Waals surface area (Å²) in [5.74, 6) is 1.20. The molecule has 0 bridgehead atoms. The zero-order valence-corrected chi connectivity index (χ0v) is 18.4. The Balaban J connectivity index is 1.74. The molecule has 0 aliphatic carbocycles. The minimum atomic E-state index is 0.176. The smallest absolute Gasteiger partial charge is 0.142 e. The van der Waals surface area contributed by atoms with E-state index < -0.39 is 0 Å². The van der Waals surface area contributed by atoms with Crippen molar-refractivity contribution >= 4 is 22.5 Å². The lowest BCUT2D eigenvalue weighted by Crippen LogP contribution is -2.45. The first-order valence-electron chi connectivity index (χ1n) is 10.9. The molecule has 0 atom stereocenters. The largest absolute Gasteiger partial charge is 0.508 e. The molecule has 5 rings (SSSR count). The molecule has 0 radical (unpaired) electrons. The number of anilines is 2. The Morgan fingerprint density at radius 2 is 1.67 bits per heavy atom. The number of nitrogens with zero attached hydrogens (tertiary/aromatic N) is 5. The monoisotopic (exact) mass is 436 g/mol. The standard InChI is InChI=1S/C26H24N6O/c1-31-10-12-32(13-11-31)26-21(14-18-4-2-3-5-23(18)30-26)20-15-24(29-25(28)22(20)16-27)17-6-8-19(33)9-7-17/h2-9,14-15,33H,10-13H2,1H3,(H2,28,29). The van der Waals surface area contributed by atoms with Crippen LogP contribution in [0.25, 0.3) is 33.3 Å². The normalized spacial score (nSPS) is 14.4. The second kappa shape index (κ2) is 8.41. The van der Waals surface area contributed by atoms with Gasteiger partial charge in [0.05, 0.1) is 11.2 Å². The van der Waals surface area contributed by atoms with Crippen LogP contribution in [0.4, 0.5) is 11.6 Å². The van der Waals surface area contributed by atoms with Gasteiger partial charge in [-0.05, 0) is 49.5 Å². The van der Waals surface area contributed by atoms with Crippen molar-refractivity contribution in [3.05, 3.63) is 66.2 Å². The number of piperazine rings is 1. The Labute approximate surface area is 192 Å². The molecule has 7 heteroatoms. The molecular weight excluding hydrogens is 412 g/mol. The number of aromatic hydroxyl groups is 1. The van der Waals surface area contributed by atoms with Crippen molar-refractivity contribution in [3.63, 3.8) is 0 Å². The van der Waals surface area contributed by atoms with Crippen LogP contribution in [0.1, 0.15) is 5.56 Å². The number of benzene rings is 2. The first-order chi connectivity index (χ1) is 16.0. The molecule has 1 saturated heterocycles. The molecule has 1 fully saturated rings. The number of nitrogens with two attached hydrogens (primary N) is 1. The molecule has 0 amide bonds. The van der Waals surface area contributed by atoms with E-state index in [4.69, 9.17) is 10.7 Å². The molecular formula is C26H24N6O. The van der Waals surface area contributed by atoms with E-state index in [2.05, 4.69) is 34.0 Å². The van der Waals surface area contributed by atoms with Gasteiger partial charge in [0.2, 0.25) is 0 Å². The molecule has 0 saturated carbocycles. The van der Waals surface area contributed by atoms with E-state index in [0.717, 1.165) is 54.0 Å². The molecule has 33 heavy (non-hydrogen) atoms. The van der Waals surface area contributed by atoms with Gasteiger partial charge in [0.25, 0.3) is 0 Å². The fourth-order valence-electron chi connectivity index (χ4n) is 4.24. The van der Waals surface area contributed by atoms with Gasteiger partial charge in [0.1, 0.15) is 29.0 Å². The number of fused-ring (bicyclic) bond motifs is 1. The van der Waals surface area contributed by atoms with Gasteiger partial charge in [-0.3, -0.25) is 0 Å². The van der Waals surface area contributed by atoms with Crippen molar-refractivity contribution in [2.45, 2.75) is 0 Å². The maximum absolute atomic E-state index is 9.96. The van der Waals surface area contributed by atoms with Gasteiger partial charge in [-0.1, -0.05) is 18.2 Å². The number of nitriles is 1. The van der Waals surface area contributed by atoms with E-state index in [0.29, 0.717) is 16.8 Å². The summed E-state index contributed by atoms with van der Waals surface area (Å²) < 4.78 is 0. The lowest BCUT2D eigenvalue weighted by atomic mass is 9.97. The Kier molecular flexibility index (Phi) is 5.29. The first kappa shape index (κ1) is 20.7. The second-order valence-corrected chi connectivity index (χ2v) is 8.32. The van der Waals surface area contributed by atoms with Crippen LogP contribution >= 0.6 is 0 Å². The summed E-state index contributed by atoms with van der Waals surface area (Å²) in [6.45, 7) is 3.58. The topological polar surface area (TPSA) is 102 Å². The Morgan fingerprint density at radius 1 is 0.939 bits per heavy atom. The molecule has 164 valence electrons. The van der Waals surface area contributed by atoms with Gasteiger partial charge in [-0.15, -0.1) is 0 Å². The third-order valence-electron chi connectivity index (χ3n) is 6.12. The average molecular weight is 437 g/mol. The average Bonchev–Trinajstić information content (AvgIpc) is 2.83. The van der Waals surface area contributed by atoms with Crippen molar-refractivity contribution < 1.29 is 5.11 Å². The first-order valence-corrected chi connectivity index (χ1v) is 10.9. The van der Waals surface area contributed by atoms with Crippen molar-refractivity contribution in [1.29, 1.82) is 5.26 Å². The fourth-order valence-corrected chi connectivity index (χ4v) is 4.24. The molecule has 3 heterocycles.